The summed E-state index contributed by atoms with van der Waals surface area (Å²) in [6.07, 6.45) is 0. The van der Waals surface area contributed by atoms with Gasteiger partial charge in [-0.05, 0) is 25.1 Å². The maximum Gasteiger partial charge on any atom is 0.242 e. The molecule has 9 heteroatoms. The fourth-order valence-corrected chi connectivity index (χ4v) is 6.59. The molecule has 1 atom stereocenters. The van der Waals surface area contributed by atoms with Crippen molar-refractivity contribution in [1.29, 1.82) is 0 Å². The lowest BCUT2D eigenvalue weighted by Crippen LogP contribution is -2.48. The second-order valence-corrected chi connectivity index (χ2v) is 11.2. The number of nitrogens with zero attached hydrogens (tertiary/aromatic N) is 4. The molecular formula is C32H32N4O4S. The molecular weight excluding hydrogens is 536 g/mol. The van der Waals surface area contributed by atoms with E-state index in [0.717, 1.165) is 39.4 Å². The molecule has 0 N–H and O–H groups in total. The van der Waals surface area contributed by atoms with E-state index in [0.29, 0.717) is 32.1 Å². The Labute approximate surface area is 243 Å². The second-order valence-electron chi connectivity index (χ2n) is 10.1. The fraction of sp³-hybridized carbons (Fsp3) is 0.281. The second kappa shape index (κ2) is 11.8. The molecule has 210 valence electrons. The number of amides is 2. The van der Waals surface area contributed by atoms with Crippen LogP contribution in [0.4, 0.5) is 5.82 Å². The third-order valence-corrected chi connectivity index (χ3v) is 8.73. The predicted octanol–water partition coefficient (Wildman–Crippen LogP) is 4.88. The number of carbonyl (C=O) groups is 2. The van der Waals surface area contributed by atoms with E-state index >= 15 is 0 Å². The van der Waals surface area contributed by atoms with Crippen molar-refractivity contribution < 1.29 is 19.1 Å². The van der Waals surface area contributed by atoms with Gasteiger partial charge in [0.05, 0.1) is 42.7 Å². The standard InChI is InChI=1S/C32H32N4O4S/c1-22-12-14-24(15-13-22)36-32-29(30(33-36)23-8-4-3-5-9-23)31(25-10-6-7-11-26(25)39-2)41-21-28(38)35(32)20-27(37)34-16-18-40-19-17-34/h3-15,31H,16-21H2,1-2H3/t31-/m1/s1. The van der Waals surface area contributed by atoms with E-state index in [1.54, 1.807) is 16.9 Å². The van der Waals surface area contributed by atoms with Crippen molar-refractivity contribution in [2.24, 2.45) is 0 Å². The summed E-state index contributed by atoms with van der Waals surface area (Å²) in [6, 6.07) is 26.0. The van der Waals surface area contributed by atoms with Crippen LogP contribution < -0.4 is 9.64 Å². The summed E-state index contributed by atoms with van der Waals surface area (Å²) in [6.45, 7) is 3.98. The summed E-state index contributed by atoms with van der Waals surface area (Å²) in [4.78, 5) is 30.9. The van der Waals surface area contributed by atoms with E-state index in [-0.39, 0.29) is 29.4 Å². The monoisotopic (exact) mass is 568 g/mol. The van der Waals surface area contributed by atoms with Crippen LogP contribution in [0.25, 0.3) is 16.9 Å². The average Bonchev–Trinajstić information content (AvgIpc) is 3.34. The van der Waals surface area contributed by atoms with Gasteiger partial charge in [0.1, 0.15) is 18.1 Å². The van der Waals surface area contributed by atoms with Crippen LogP contribution >= 0.6 is 11.8 Å². The number of thioether (sulfide) groups is 1. The van der Waals surface area contributed by atoms with Crippen LogP contribution in [0, 0.1) is 6.92 Å². The van der Waals surface area contributed by atoms with Gasteiger partial charge in [-0.15, -0.1) is 11.8 Å². The van der Waals surface area contributed by atoms with Gasteiger partial charge >= 0.3 is 0 Å². The zero-order valence-corrected chi connectivity index (χ0v) is 24.0. The zero-order valence-electron chi connectivity index (χ0n) is 23.2. The van der Waals surface area contributed by atoms with Crippen molar-refractivity contribution >= 4 is 29.4 Å². The first kappa shape index (κ1) is 27.1. The van der Waals surface area contributed by atoms with Gasteiger partial charge in [-0.1, -0.05) is 66.2 Å². The van der Waals surface area contributed by atoms with Crippen LogP contribution in [0.15, 0.2) is 78.9 Å². The smallest absolute Gasteiger partial charge is 0.242 e. The Morgan fingerprint density at radius 1 is 1.00 bits per heavy atom. The first-order valence-corrected chi connectivity index (χ1v) is 14.8. The van der Waals surface area contributed by atoms with E-state index in [2.05, 4.69) is 0 Å². The Kier molecular flexibility index (Phi) is 7.80. The molecule has 0 aliphatic carbocycles. The van der Waals surface area contributed by atoms with E-state index in [1.165, 1.54) is 11.8 Å². The minimum Gasteiger partial charge on any atom is -0.496 e. The predicted molar refractivity (Wildman–Crippen MR) is 161 cm³/mol. The van der Waals surface area contributed by atoms with E-state index in [4.69, 9.17) is 14.6 Å². The van der Waals surface area contributed by atoms with Crippen molar-refractivity contribution in [1.82, 2.24) is 14.7 Å². The molecule has 0 bridgehead atoms. The molecule has 1 saturated heterocycles. The highest BCUT2D eigenvalue weighted by molar-refractivity contribution is 8.00. The molecule has 2 aliphatic rings. The van der Waals surface area contributed by atoms with E-state index < -0.39 is 0 Å². The molecule has 1 fully saturated rings. The molecule has 0 unspecified atom stereocenters. The number of morpholine rings is 1. The van der Waals surface area contributed by atoms with Gasteiger partial charge in [0.15, 0.2) is 0 Å². The van der Waals surface area contributed by atoms with Crippen molar-refractivity contribution in [3.8, 4) is 22.7 Å². The highest BCUT2D eigenvalue weighted by Gasteiger charge is 2.39. The quantitative estimate of drug-likeness (QED) is 0.330. The molecule has 0 spiro atoms. The molecule has 2 amide bonds. The van der Waals surface area contributed by atoms with Crippen molar-refractivity contribution in [2.75, 3.05) is 50.6 Å². The summed E-state index contributed by atoms with van der Waals surface area (Å²) >= 11 is 1.53. The normalized spacial score (nSPS) is 17.2. The highest BCUT2D eigenvalue weighted by Crippen LogP contribution is 2.50. The minimum absolute atomic E-state index is 0.0726. The first-order valence-electron chi connectivity index (χ1n) is 13.7. The number of ether oxygens (including phenoxy) is 2. The number of aromatic nitrogens is 2. The molecule has 6 rings (SSSR count). The van der Waals surface area contributed by atoms with Crippen LogP contribution in [0.5, 0.6) is 5.75 Å². The minimum atomic E-state index is -0.261. The number of aryl methyl sites for hydroxylation is 1. The Morgan fingerprint density at radius 3 is 2.44 bits per heavy atom. The van der Waals surface area contributed by atoms with E-state index in [1.807, 2.05) is 90.5 Å². The maximum atomic E-state index is 13.9. The van der Waals surface area contributed by atoms with Crippen LogP contribution in [-0.2, 0) is 14.3 Å². The summed E-state index contributed by atoms with van der Waals surface area (Å²) in [7, 11) is 1.66. The number of anilines is 1. The largest absolute Gasteiger partial charge is 0.496 e. The summed E-state index contributed by atoms with van der Waals surface area (Å²) < 4.78 is 13.1. The Balaban J connectivity index is 1.60. The first-order chi connectivity index (χ1) is 20.0. The van der Waals surface area contributed by atoms with Crippen molar-refractivity contribution in [2.45, 2.75) is 12.2 Å². The molecule has 0 saturated carbocycles. The van der Waals surface area contributed by atoms with Crippen LogP contribution in [0.2, 0.25) is 0 Å². The maximum absolute atomic E-state index is 13.9. The van der Waals surface area contributed by atoms with Crippen molar-refractivity contribution in [3.05, 3.63) is 95.6 Å². The van der Waals surface area contributed by atoms with Crippen LogP contribution in [0.3, 0.4) is 0 Å². The third kappa shape index (κ3) is 5.35. The fourth-order valence-electron chi connectivity index (χ4n) is 5.37. The molecule has 3 aromatic carbocycles. The number of para-hydroxylation sites is 1. The average molecular weight is 569 g/mol. The summed E-state index contributed by atoms with van der Waals surface area (Å²) in [5, 5.41) is 4.90. The molecule has 1 aromatic heterocycles. The number of carbonyl (C=O) groups excluding carboxylic acids is 2. The third-order valence-electron chi connectivity index (χ3n) is 7.49. The molecule has 0 radical (unpaired) electrons. The lowest BCUT2D eigenvalue weighted by atomic mass is 9.99. The summed E-state index contributed by atoms with van der Waals surface area (Å²) in [5.74, 6) is 1.31. The van der Waals surface area contributed by atoms with Gasteiger partial charge < -0.3 is 14.4 Å². The molecule has 3 heterocycles. The molecule has 4 aromatic rings. The number of benzene rings is 3. The highest BCUT2D eigenvalue weighted by atomic mass is 32.2. The lowest BCUT2D eigenvalue weighted by Gasteiger charge is -2.30. The van der Waals surface area contributed by atoms with Gasteiger partial charge in [0, 0.05) is 29.8 Å². The summed E-state index contributed by atoms with van der Waals surface area (Å²) in [5.41, 5.74) is 5.47. The molecule has 41 heavy (non-hydrogen) atoms. The van der Waals surface area contributed by atoms with Crippen molar-refractivity contribution in [3.63, 3.8) is 0 Å². The number of hydrogen-bond donors (Lipinski definition) is 0. The number of fused-ring (bicyclic) bond motifs is 1. The Bertz CT molecular complexity index is 1550. The van der Waals surface area contributed by atoms with Crippen LogP contribution in [-0.4, -0.2) is 72.2 Å². The number of methoxy groups -OCH3 is 1. The van der Waals surface area contributed by atoms with Gasteiger partial charge in [-0.3, -0.25) is 14.5 Å². The lowest BCUT2D eigenvalue weighted by molar-refractivity contribution is -0.134. The molecule has 8 nitrogen and oxygen atoms in total. The topological polar surface area (TPSA) is 76.9 Å². The van der Waals surface area contributed by atoms with Gasteiger partial charge in [0.25, 0.3) is 0 Å². The SMILES string of the molecule is COc1ccccc1[C@H]1SCC(=O)N(CC(=O)N2CCOCC2)c2c1c(-c1ccccc1)nn2-c1ccc(C)cc1. The number of hydrogen-bond acceptors (Lipinski definition) is 6. The Morgan fingerprint density at radius 2 is 1.71 bits per heavy atom. The molecule has 2 aliphatic heterocycles. The number of rotatable bonds is 6. The van der Waals surface area contributed by atoms with Gasteiger partial charge in [0.2, 0.25) is 11.8 Å². The Hall–Kier alpha value is -4.08. The van der Waals surface area contributed by atoms with Gasteiger partial charge in [-0.25, -0.2) is 4.68 Å². The van der Waals surface area contributed by atoms with E-state index in [9.17, 15) is 9.59 Å². The zero-order chi connectivity index (χ0) is 28.3. The van der Waals surface area contributed by atoms with Gasteiger partial charge in [-0.2, -0.15) is 5.10 Å². The van der Waals surface area contributed by atoms with Crippen LogP contribution in [0.1, 0.15) is 21.9 Å².